The minimum Gasteiger partial charge on any atom is -0.470 e. The fourth-order valence-corrected chi connectivity index (χ4v) is 3.01. The number of hydrogen-bond donors (Lipinski definition) is 0. The summed E-state index contributed by atoms with van der Waals surface area (Å²) in [5, 5.41) is 4.04. The SMILES string of the molecule is CN(C)Cc1onc(OCc2ccccc2)c1C(=O)C1CC=CCC1. The van der Waals surface area contributed by atoms with Crippen molar-refractivity contribution in [1.29, 1.82) is 0 Å². The largest absolute Gasteiger partial charge is 0.470 e. The second-order valence-electron chi connectivity index (χ2n) is 6.64. The summed E-state index contributed by atoms with van der Waals surface area (Å²) in [4.78, 5) is 15.0. The average Bonchev–Trinajstić information content (AvgIpc) is 3.02. The molecule has 5 heteroatoms. The fraction of sp³-hybridized carbons (Fsp3) is 0.400. The third-order valence-electron chi connectivity index (χ3n) is 4.30. The lowest BCUT2D eigenvalue weighted by Crippen LogP contribution is -2.19. The molecule has 132 valence electrons. The lowest BCUT2D eigenvalue weighted by Gasteiger charge is -2.17. The van der Waals surface area contributed by atoms with Crippen molar-refractivity contribution >= 4 is 5.78 Å². The minimum atomic E-state index is -0.0237. The van der Waals surface area contributed by atoms with Crippen molar-refractivity contribution in [3.05, 3.63) is 59.4 Å². The van der Waals surface area contributed by atoms with Crippen LogP contribution in [0.5, 0.6) is 5.88 Å². The molecule has 0 saturated carbocycles. The van der Waals surface area contributed by atoms with E-state index in [0.29, 0.717) is 30.4 Å². The van der Waals surface area contributed by atoms with Crippen molar-refractivity contribution in [3.63, 3.8) is 0 Å². The van der Waals surface area contributed by atoms with Crippen LogP contribution in [0.15, 0.2) is 47.0 Å². The molecule has 3 rings (SSSR count). The molecule has 1 aliphatic carbocycles. The minimum absolute atomic E-state index is 0.0237. The van der Waals surface area contributed by atoms with Gasteiger partial charge in [0.05, 0.1) is 6.54 Å². The summed E-state index contributed by atoms with van der Waals surface area (Å²) < 4.78 is 11.3. The van der Waals surface area contributed by atoms with Crippen molar-refractivity contribution in [2.24, 2.45) is 5.92 Å². The van der Waals surface area contributed by atoms with Crippen molar-refractivity contribution in [2.45, 2.75) is 32.4 Å². The molecule has 2 aromatic rings. The summed E-state index contributed by atoms with van der Waals surface area (Å²) in [6.07, 6.45) is 6.77. The van der Waals surface area contributed by atoms with Gasteiger partial charge in [-0.1, -0.05) is 42.5 Å². The molecule has 1 aliphatic rings. The highest BCUT2D eigenvalue weighted by Gasteiger charge is 2.30. The average molecular weight is 340 g/mol. The molecule has 0 amide bonds. The lowest BCUT2D eigenvalue weighted by atomic mass is 9.87. The number of carbonyl (C=O) groups is 1. The molecule has 0 N–H and O–H groups in total. The van der Waals surface area contributed by atoms with Crippen LogP contribution in [0.4, 0.5) is 0 Å². The number of carbonyl (C=O) groups excluding carboxylic acids is 1. The lowest BCUT2D eigenvalue weighted by molar-refractivity contribution is 0.0905. The van der Waals surface area contributed by atoms with Crippen LogP contribution in [0, 0.1) is 5.92 Å². The molecule has 0 bridgehead atoms. The van der Waals surface area contributed by atoms with Gasteiger partial charge >= 0.3 is 0 Å². The van der Waals surface area contributed by atoms with Gasteiger partial charge in [0.1, 0.15) is 12.2 Å². The van der Waals surface area contributed by atoms with Crippen molar-refractivity contribution in [3.8, 4) is 5.88 Å². The van der Waals surface area contributed by atoms with E-state index >= 15 is 0 Å². The third kappa shape index (κ3) is 4.37. The number of allylic oxidation sites excluding steroid dienone is 2. The number of nitrogens with zero attached hydrogens (tertiary/aromatic N) is 2. The first-order chi connectivity index (χ1) is 12.1. The van der Waals surface area contributed by atoms with Gasteiger partial charge in [-0.2, -0.15) is 0 Å². The smallest absolute Gasteiger partial charge is 0.265 e. The second kappa shape index (κ2) is 8.12. The highest BCUT2D eigenvalue weighted by Crippen LogP contribution is 2.30. The molecule has 5 nitrogen and oxygen atoms in total. The fourth-order valence-electron chi connectivity index (χ4n) is 3.01. The molecule has 0 saturated heterocycles. The molecule has 0 radical (unpaired) electrons. The van der Waals surface area contributed by atoms with Crippen LogP contribution >= 0.6 is 0 Å². The number of benzene rings is 1. The topological polar surface area (TPSA) is 55.6 Å². The normalized spacial score (nSPS) is 17.0. The molecule has 1 atom stereocenters. The molecule has 1 aromatic heterocycles. The number of ketones is 1. The summed E-state index contributed by atoms with van der Waals surface area (Å²) in [6, 6.07) is 9.83. The highest BCUT2D eigenvalue weighted by molar-refractivity contribution is 6.00. The number of ether oxygens (including phenoxy) is 1. The number of rotatable bonds is 7. The maximum absolute atomic E-state index is 13.1. The van der Waals surface area contributed by atoms with Gasteiger partial charge in [-0.3, -0.25) is 4.79 Å². The third-order valence-corrected chi connectivity index (χ3v) is 4.30. The first-order valence-electron chi connectivity index (χ1n) is 8.64. The van der Waals surface area contributed by atoms with E-state index in [0.717, 1.165) is 24.8 Å². The Balaban J connectivity index is 1.83. The summed E-state index contributed by atoms with van der Waals surface area (Å²) in [6.45, 7) is 0.880. The Kier molecular flexibility index (Phi) is 5.66. The number of Topliss-reactive ketones (excluding diaryl/α,β-unsaturated/α-hetero) is 1. The van der Waals surface area contributed by atoms with E-state index in [1.165, 1.54) is 0 Å². The number of aromatic nitrogens is 1. The maximum atomic E-state index is 13.1. The zero-order valence-corrected chi connectivity index (χ0v) is 14.8. The van der Waals surface area contributed by atoms with E-state index in [2.05, 4.69) is 17.3 Å². The Morgan fingerprint density at radius 2 is 2.08 bits per heavy atom. The highest BCUT2D eigenvalue weighted by atomic mass is 16.5. The Bertz CT molecular complexity index is 735. The molecule has 1 unspecified atom stereocenters. The molecule has 0 spiro atoms. The monoisotopic (exact) mass is 340 g/mol. The Hall–Kier alpha value is -2.40. The predicted molar refractivity (Wildman–Crippen MR) is 95.5 cm³/mol. The first-order valence-corrected chi connectivity index (χ1v) is 8.64. The first kappa shape index (κ1) is 17.4. The van der Waals surface area contributed by atoms with Crippen LogP contribution in [-0.2, 0) is 13.2 Å². The van der Waals surface area contributed by atoms with E-state index in [1.807, 2.05) is 49.3 Å². The molecule has 1 heterocycles. The van der Waals surface area contributed by atoms with Gasteiger partial charge < -0.3 is 14.2 Å². The maximum Gasteiger partial charge on any atom is 0.265 e. The Morgan fingerprint density at radius 3 is 2.76 bits per heavy atom. The van der Waals surface area contributed by atoms with E-state index in [4.69, 9.17) is 9.26 Å². The summed E-state index contributed by atoms with van der Waals surface area (Å²) >= 11 is 0. The van der Waals surface area contributed by atoms with Gasteiger partial charge in [0, 0.05) is 5.92 Å². The van der Waals surface area contributed by atoms with Crippen LogP contribution in [0.3, 0.4) is 0 Å². The van der Waals surface area contributed by atoms with Crippen molar-refractivity contribution in [1.82, 2.24) is 10.1 Å². The molecule has 0 fully saturated rings. The van der Waals surface area contributed by atoms with Gasteiger partial charge in [0.15, 0.2) is 11.5 Å². The Labute approximate surface area is 148 Å². The zero-order valence-electron chi connectivity index (χ0n) is 14.8. The van der Waals surface area contributed by atoms with Gasteiger partial charge in [-0.25, -0.2) is 0 Å². The summed E-state index contributed by atoms with van der Waals surface area (Å²) in [5.74, 6) is 0.933. The van der Waals surface area contributed by atoms with E-state index in [9.17, 15) is 4.79 Å². The van der Waals surface area contributed by atoms with Crippen LogP contribution in [0.25, 0.3) is 0 Å². The van der Waals surface area contributed by atoms with Crippen LogP contribution in [0.1, 0.15) is 40.9 Å². The summed E-state index contributed by atoms with van der Waals surface area (Å²) in [7, 11) is 3.87. The van der Waals surface area contributed by atoms with Gasteiger partial charge in [-0.05, 0) is 44.1 Å². The van der Waals surface area contributed by atoms with Crippen molar-refractivity contribution in [2.75, 3.05) is 14.1 Å². The molecular weight excluding hydrogens is 316 g/mol. The van der Waals surface area contributed by atoms with E-state index < -0.39 is 0 Å². The van der Waals surface area contributed by atoms with Gasteiger partial charge in [0.25, 0.3) is 5.88 Å². The molecule has 0 aliphatic heterocycles. The number of hydrogen-bond acceptors (Lipinski definition) is 5. The molecular formula is C20H24N2O3. The quantitative estimate of drug-likeness (QED) is 0.566. The molecule has 25 heavy (non-hydrogen) atoms. The second-order valence-corrected chi connectivity index (χ2v) is 6.64. The zero-order chi connectivity index (χ0) is 17.6. The van der Waals surface area contributed by atoms with Gasteiger partial charge in [-0.15, -0.1) is 0 Å². The summed E-state index contributed by atoms with van der Waals surface area (Å²) in [5.41, 5.74) is 1.53. The van der Waals surface area contributed by atoms with Crippen molar-refractivity contribution < 1.29 is 14.1 Å². The van der Waals surface area contributed by atoms with Crippen LogP contribution in [-0.4, -0.2) is 29.9 Å². The van der Waals surface area contributed by atoms with Crippen LogP contribution in [0.2, 0.25) is 0 Å². The van der Waals surface area contributed by atoms with Crippen LogP contribution < -0.4 is 4.74 Å². The van der Waals surface area contributed by atoms with E-state index in [-0.39, 0.29) is 11.7 Å². The molecule has 1 aromatic carbocycles. The Morgan fingerprint density at radius 1 is 1.28 bits per heavy atom. The standard InChI is InChI=1S/C20H24N2O3/c1-22(2)13-17-18(19(23)16-11-7-4-8-12-16)20(21-25-17)24-14-15-9-5-3-6-10-15/h3-7,9-10,16H,8,11-14H2,1-2H3. The van der Waals surface area contributed by atoms with Gasteiger partial charge in [0.2, 0.25) is 0 Å². The predicted octanol–water partition coefficient (Wildman–Crippen LogP) is 3.85. The van der Waals surface area contributed by atoms with E-state index in [1.54, 1.807) is 0 Å².